The van der Waals surface area contributed by atoms with Crippen molar-refractivity contribution in [3.63, 3.8) is 0 Å². The Hall–Kier alpha value is -0.0800. The van der Waals surface area contributed by atoms with Crippen LogP contribution in [0, 0.1) is 11.8 Å². The summed E-state index contributed by atoms with van der Waals surface area (Å²) < 4.78 is 6.01. The summed E-state index contributed by atoms with van der Waals surface area (Å²) in [4.78, 5) is 0. The van der Waals surface area contributed by atoms with Crippen molar-refractivity contribution in [3.05, 3.63) is 0 Å². The van der Waals surface area contributed by atoms with Gasteiger partial charge in [-0.05, 0) is 44.6 Å². The first-order chi connectivity index (χ1) is 8.26. The lowest BCUT2D eigenvalue weighted by Gasteiger charge is -2.30. The maximum atomic E-state index is 6.01. The van der Waals surface area contributed by atoms with Gasteiger partial charge in [0.05, 0.1) is 6.10 Å². The van der Waals surface area contributed by atoms with Gasteiger partial charge in [0.15, 0.2) is 0 Å². The van der Waals surface area contributed by atoms with E-state index in [9.17, 15) is 0 Å². The molecule has 1 rings (SSSR count). The van der Waals surface area contributed by atoms with Gasteiger partial charge >= 0.3 is 0 Å². The van der Waals surface area contributed by atoms with Crippen LogP contribution in [0.5, 0.6) is 0 Å². The minimum Gasteiger partial charge on any atom is -0.377 e. The molecule has 1 N–H and O–H groups in total. The second-order valence-electron chi connectivity index (χ2n) is 5.34. The van der Waals surface area contributed by atoms with Crippen molar-refractivity contribution in [2.75, 3.05) is 13.2 Å². The lowest BCUT2D eigenvalue weighted by Crippen LogP contribution is -2.44. The Balaban J connectivity index is 2.53. The van der Waals surface area contributed by atoms with E-state index >= 15 is 0 Å². The summed E-state index contributed by atoms with van der Waals surface area (Å²) in [6, 6.07) is 0.567. The average Bonchev–Trinajstić information content (AvgIpc) is 3.16. The number of hydrogen-bond acceptors (Lipinski definition) is 2. The van der Waals surface area contributed by atoms with Crippen LogP contribution in [-0.4, -0.2) is 25.3 Å². The molecule has 0 aliphatic heterocycles. The summed E-state index contributed by atoms with van der Waals surface area (Å²) in [6.07, 6.45) is 7.07. The van der Waals surface area contributed by atoms with Crippen molar-refractivity contribution >= 4 is 0 Å². The molecule has 0 aromatic rings. The molecule has 1 aliphatic rings. The smallest absolute Gasteiger partial charge is 0.0756 e. The van der Waals surface area contributed by atoms with Crippen LogP contribution in [0.3, 0.4) is 0 Å². The number of likely N-dealkylation sites (N-methyl/N-ethyl adjacent to an activating group) is 1. The number of nitrogens with one attached hydrogen (secondary N) is 1. The molecule has 2 nitrogen and oxygen atoms in total. The molecule has 0 bridgehead atoms. The average molecular weight is 241 g/mol. The summed E-state index contributed by atoms with van der Waals surface area (Å²) in [5, 5.41) is 3.66. The van der Waals surface area contributed by atoms with Gasteiger partial charge in [-0.2, -0.15) is 0 Å². The summed E-state index contributed by atoms with van der Waals surface area (Å²) in [5.74, 6) is 1.68. The monoisotopic (exact) mass is 241 g/mol. The second kappa shape index (κ2) is 8.10. The Morgan fingerprint density at radius 1 is 1.12 bits per heavy atom. The number of hydrogen-bond donors (Lipinski definition) is 1. The minimum absolute atomic E-state index is 0.459. The van der Waals surface area contributed by atoms with Crippen molar-refractivity contribution in [3.8, 4) is 0 Å². The molecule has 1 aliphatic carbocycles. The van der Waals surface area contributed by atoms with E-state index in [1.54, 1.807) is 0 Å². The lowest BCUT2D eigenvalue weighted by molar-refractivity contribution is 0.0128. The molecule has 0 radical (unpaired) electrons. The fraction of sp³-hybridized carbons (Fsp3) is 1.00. The normalized spacial score (nSPS) is 19.6. The lowest BCUT2D eigenvalue weighted by atomic mass is 9.90. The topological polar surface area (TPSA) is 21.3 Å². The Morgan fingerprint density at radius 2 is 1.76 bits per heavy atom. The van der Waals surface area contributed by atoms with Gasteiger partial charge in [-0.25, -0.2) is 0 Å². The first kappa shape index (κ1) is 15.0. The van der Waals surface area contributed by atoms with Crippen LogP contribution in [0.2, 0.25) is 0 Å². The molecular formula is C15H31NO. The predicted molar refractivity (Wildman–Crippen MR) is 74.3 cm³/mol. The zero-order valence-corrected chi connectivity index (χ0v) is 12.2. The van der Waals surface area contributed by atoms with Gasteiger partial charge in [-0.1, -0.05) is 33.6 Å². The highest BCUT2D eigenvalue weighted by Crippen LogP contribution is 2.37. The second-order valence-corrected chi connectivity index (χ2v) is 5.34. The van der Waals surface area contributed by atoms with Crippen molar-refractivity contribution in [1.29, 1.82) is 0 Å². The van der Waals surface area contributed by atoms with Gasteiger partial charge in [0, 0.05) is 12.6 Å². The largest absolute Gasteiger partial charge is 0.377 e. The molecule has 1 fully saturated rings. The third kappa shape index (κ3) is 4.97. The summed E-state index contributed by atoms with van der Waals surface area (Å²) in [7, 11) is 0. The fourth-order valence-electron chi connectivity index (χ4n) is 2.77. The van der Waals surface area contributed by atoms with Gasteiger partial charge in [0.1, 0.15) is 0 Å². The molecule has 0 aromatic carbocycles. The molecule has 0 aromatic heterocycles. The molecule has 1 saturated carbocycles. The Labute approximate surface area is 108 Å². The summed E-state index contributed by atoms with van der Waals surface area (Å²) >= 11 is 0. The van der Waals surface area contributed by atoms with Crippen molar-refractivity contribution in [2.45, 2.75) is 71.9 Å². The molecule has 17 heavy (non-hydrogen) atoms. The van der Waals surface area contributed by atoms with Crippen LogP contribution >= 0.6 is 0 Å². The number of ether oxygens (including phenoxy) is 1. The SMILES string of the molecule is CCNC(CC(CC)CC)C(OCC)C1CC1. The standard InChI is InChI=1S/C15H31NO/c1-5-12(6-2)11-14(16-7-3)15(17-8-4)13-9-10-13/h12-16H,5-11H2,1-4H3. The zero-order chi connectivity index (χ0) is 12.7. The Morgan fingerprint density at radius 3 is 2.18 bits per heavy atom. The van der Waals surface area contributed by atoms with E-state index in [1.807, 2.05) is 0 Å². The van der Waals surface area contributed by atoms with E-state index in [2.05, 4.69) is 33.0 Å². The highest BCUT2D eigenvalue weighted by molar-refractivity contribution is 4.91. The molecule has 0 heterocycles. The van der Waals surface area contributed by atoms with Crippen LogP contribution in [0.4, 0.5) is 0 Å². The van der Waals surface area contributed by atoms with E-state index < -0.39 is 0 Å². The first-order valence-corrected chi connectivity index (χ1v) is 7.61. The van der Waals surface area contributed by atoms with E-state index in [-0.39, 0.29) is 0 Å². The molecule has 102 valence electrons. The molecule has 2 heteroatoms. The summed E-state index contributed by atoms with van der Waals surface area (Å²) in [6.45, 7) is 10.9. The molecule has 2 atom stereocenters. The molecule has 2 unspecified atom stereocenters. The van der Waals surface area contributed by atoms with Crippen molar-refractivity contribution in [2.24, 2.45) is 11.8 Å². The van der Waals surface area contributed by atoms with Gasteiger partial charge in [-0.15, -0.1) is 0 Å². The van der Waals surface area contributed by atoms with E-state index in [0.29, 0.717) is 12.1 Å². The highest BCUT2D eigenvalue weighted by Gasteiger charge is 2.37. The van der Waals surface area contributed by atoms with Crippen LogP contribution in [-0.2, 0) is 4.74 Å². The van der Waals surface area contributed by atoms with E-state index in [1.165, 1.54) is 32.1 Å². The first-order valence-electron chi connectivity index (χ1n) is 7.61. The zero-order valence-electron chi connectivity index (χ0n) is 12.2. The highest BCUT2D eigenvalue weighted by atomic mass is 16.5. The molecule has 0 amide bonds. The Kier molecular flexibility index (Phi) is 7.14. The van der Waals surface area contributed by atoms with Crippen molar-refractivity contribution in [1.82, 2.24) is 5.32 Å². The van der Waals surface area contributed by atoms with Gasteiger partial charge < -0.3 is 10.1 Å². The van der Waals surface area contributed by atoms with E-state index in [4.69, 9.17) is 4.74 Å². The number of rotatable bonds is 10. The predicted octanol–water partition coefficient (Wildman–Crippen LogP) is 3.61. The van der Waals surface area contributed by atoms with Crippen LogP contribution < -0.4 is 5.32 Å². The fourth-order valence-corrected chi connectivity index (χ4v) is 2.77. The molecule has 0 spiro atoms. The van der Waals surface area contributed by atoms with Gasteiger partial charge in [-0.3, -0.25) is 0 Å². The third-order valence-electron chi connectivity index (χ3n) is 4.05. The quantitative estimate of drug-likeness (QED) is 0.631. The van der Waals surface area contributed by atoms with Crippen LogP contribution in [0.15, 0.2) is 0 Å². The summed E-state index contributed by atoms with van der Waals surface area (Å²) in [5.41, 5.74) is 0. The maximum absolute atomic E-state index is 6.01. The third-order valence-corrected chi connectivity index (χ3v) is 4.05. The Bertz CT molecular complexity index is 187. The molecular weight excluding hydrogens is 210 g/mol. The molecule has 0 saturated heterocycles. The van der Waals surface area contributed by atoms with Crippen molar-refractivity contribution < 1.29 is 4.74 Å². The van der Waals surface area contributed by atoms with Gasteiger partial charge in [0.2, 0.25) is 0 Å². The van der Waals surface area contributed by atoms with Crippen LogP contribution in [0.25, 0.3) is 0 Å². The minimum atomic E-state index is 0.459. The van der Waals surface area contributed by atoms with E-state index in [0.717, 1.165) is 25.0 Å². The van der Waals surface area contributed by atoms with Gasteiger partial charge in [0.25, 0.3) is 0 Å². The maximum Gasteiger partial charge on any atom is 0.0756 e. The van der Waals surface area contributed by atoms with Crippen LogP contribution in [0.1, 0.15) is 59.8 Å².